The first kappa shape index (κ1) is 14.1. The summed E-state index contributed by atoms with van der Waals surface area (Å²) in [5, 5.41) is 15.2. The molecule has 1 aromatic heterocycles. The Labute approximate surface area is 115 Å². The van der Waals surface area contributed by atoms with Crippen LogP contribution in [-0.4, -0.2) is 29.7 Å². The van der Waals surface area contributed by atoms with Crippen molar-refractivity contribution in [2.75, 3.05) is 4.72 Å². The number of carboxylic acid groups (broad SMARTS) is 1. The summed E-state index contributed by atoms with van der Waals surface area (Å²) in [5.41, 5.74) is 0.940. The second-order valence-corrected chi connectivity index (χ2v) is 5.96. The molecule has 1 aromatic carbocycles. The van der Waals surface area contributed by atoms with Crippen LogP contribution in [0.3, 0.4) is 0 Å². The Bertz CT molecular complexity index is 751. The van der Waals surface area contributed by atoms with Crippen LogP contribution in [0, 0.1) is 13.8 Å². The Morgan fingerprint density at radius 2 is 2.00 bits per heavy atom. The minimum atomic E-state index is -3.87. The molecule has 7 nitrogen and oxygen atoms in total. The summed E-state index contributed by atoms with van der Waals surface area (Å²) in [5.74, 6) is -0.956. The van der Waals surface area contributed by atoms with Gasteiger partial charge in [-0.05, 0) is 31.0 Å². The van der Waals surface area contributed by atoms with Crippen molar-refractivity contribution in [3.05, 3.63) is 41.1 Å². The van der Waals surface area contributed by atoms with Crippen molar-refractivity contribution >= 4 is 21.8 Å². The van der Waals surface area contributed by atoms with E-state index in [1.807, 2.05) is 0 Å². The fourth-order valence-corrected chi connectivity index (χ4v) is 3.13. The maximum atomic E-state index is 12.3. The van der Waals surface area contributed by atoms with Gasteiger partial charge in [0.15, 0.2) is 0 Å². The monoisotopic (exact) mass is 295 g/mol. The molecule has 0 saturated heterocycles. The molecule has 0 fully saturated rings. The molecule has 106 valence electrons. The van der Waals surface area contributed by atoms with Crippen LogP contribution >= 0.6 is 0 Å². The predicted octanol–water partition coefficient (Wildman–Crippen LogP) is 1.53. The van der Waals surface area contributed by atoms with Gasteiger partial charge in [0.2, 0.25) is 0 Å². The summed E-state index contributed by atoms with van der Waals surface area (Å²) in [4.78, 5) is 11.0. The van der Waals surface area contributed by atoms with Gasteiger partial charge < -0.3 is 5.11 Å². The molecule has 0 unspecified atom stereocenters. The number of hydrogen-bond donors (Lipinski definition) is 3. The van der Waals surface area contributed by atoms with Gasteiger partial charge in [-0.2, -0.15) is 5.10 Å². The number of anilines is 1. The molecule has 0 aliphatic rings. The van der Waals surface area contributed by atoms with Crippen LogP contribution in [0.2, 0.25) is 0 Å². The first-order chi connectivity index (χ1) is 9.31. The molecule has 2 aromatic rings. The maximum Gasteiger partial charge on any atom is 0.335 e. The zero-order valence-electron chi connectivity index (χ0n) is 10.8. The number of sulfonamides is 1. The van der Waals surface area contributed by atoms with E-state index in [9.17, 15) is 13.2 Å². The first-order valence-electron chi connectivity index (χ1n) is 5.68. The highest BCUT2D eigenvalue weighted by Crippen LogP contribution is 2.22. The molecule has 8 heteroatoms. The number of aromatic nitrogens is 2. The smallest absolute Gasteiger partial charge is 0.335 e. The summed E-state index contributed by atoms with van der Waals surface area (Å²) in [6.07, 6.45) is 1.41. The molecule has 3 N–H and O–H groups in total. The fraction of sp³-hybridized carbons (Fsp3) is 0.167. The topological polar surface area (TPSA) is 112 Å². The Kier molecular flexibility index (Phi) is 3.49. The van der Waals surface area contributed by atoms with Crippen LogP contribution in [0.5, 0.6) is 0 Å². The lowest BCUT2D eigenvalue weighted by Crippen LogP contribution is -2.16. The SMILES string of the molecule is Cc1cc(C)c(S(=O)(=O)Nc2ccn[nH]2)cc1C(=O)O. The molecule has 0 aliphatic carbocycles. The molecule has 20 heavy (non-hydrogen) atoms. The van der Waals surface area contributed by atoms with Crippen LogP contribution < -0.4 is 4.72 Å². The molecule has 0 amide bonds. The molecule has 0 bridgehead atoms. The zero-order valence-corrected chi connectivity index (χ0v) is 11.7. The number of nitrogens with one attached hydrogen (secondary N) is 2. The average Bonchev–Trinajstić information content (AvgIpc) is 2.79. The molecule has 0 radical (unpaired) electrons. The summed E-state index contributed by atoms with van der Waals surface area (Å²) < 4.78 is 26.8. The number of carboxylic acids is 1. The van der Waals surface area contributed by atoms with Crippen molar-refractivity contribution < 1.29 is 18.3 Å². The summed E-state index contributed by atoms with van der Waals surface area (Å²) in [7, 11) is -3.87. The number of H-pyrrole nitrogens is 1. The second kappa shape index (κ2) is 4.97. The highest BCUT2D eigenvalue weighted by molar-refractivity contribution is 7.92. The number of aromatic carboxylic acids is 1. The van der Waals surface area contributed by atoms with Gasteiger partial charge >= 0.3 is 5.97 Å². The quantitative estimate of drug-likeness (QED) is 0.791. The van der Waals surface area contributed by atoms with Gasteiger partial charge in [-0.3, -0.25) is 9.82 Å². The van der Waals surface area contributed by atoms with Crippen molar-refractivity contribution in [1.29, 1.82) is 0 Å². The Morgan fingerprint density at radius 1 is 1.30 bits per heavy atom. The minimum absolute atomic E-state index is 0.0411. The van der Waals surface area contributed by atoms with Gasteiger partial charge in [0.25, 0.3) is 10.0 Å². The number of rotatable bonds is 4. The number of benzene rings is 1. The van der Waals surface area contributed by atoms with Gasteiger partial charge in [0.1, 0.15) is 5.82 Å². The van der Waals surface area contributed by atoms with E-state index in [1.54, 1.807) is 13.8 Å². The van der Waals surface area contributed by atoms with Crippen molar-refractivity contribution in [3.63, 3.8) is 0 Å². The molecule has 2 rings (SSSR count). The van der Waals surface area contributed by atoms with Gasteiger partial charge in [-0.25, -0.2) is 13.2 Å². The Morgan fingerprint density at radius 3 is 2.55 bits per heavy atom. The molecular weight excluding hydrogens is 282 g/mol. The summed E-state index contributed by atoms with van der Waals surface area (Å²) in [6, 6.07) is 4.15. The van der Waals surface area contributed by atoms with Crippen molar-refractivity contribution in [2.24, 2.45) is 0 Å². The number of aromatic amines is 1. The lowest BCUT2D eigenvalue weighted by Gasteiger charge is -2.11. The van der Waals surface area contributed by atoms with Crippen molar-refractivity contribution in [2.45, 2.75) is 18.7 Å². The molecule has 1 heterocycles. The van der Waals surface area contributed by atoms with E-state index in [0.29, 0.717) is 11.1 Å². The zero-order chi connectivity index (χ0) is 14.9. The summed E-state index contributed by atoms with van der Waals surface area (Å²) in [6.45, 7) is 3.23. The normalized spacial score (nSPS) is 11.3. The third-order valence-corrected chi connectivity index (χ3v) is 4.29. The maximum absolute atomic E-state index is 12.3. The Hall–Kier alpha value is -2.35. The van der Waals surface area contributed by atoms with E-state index in [-0.39, 0.29) is 16.3 Å². The highest BCUT2D eigenvalue weighted by atomic mass is 32.2. The highest BCUT2D eigenvalue weighted by Gasteiger charge is 2.21. The average molecular weight is 295 g/mol. The molecule has 0 atom stereocenters. The number of hydrogen-bond acceptors (Lipinski definition) is 4. The summed E-state index contributed by atoms with van der Waals surface area (Å²) >= 11 is 0. The van der Waals surface area contributed by atoms with E-state index in [1.165, 1.54) is 18.3 Å². The standard InChI is InChI=1S/C12H13N3O4S/c1-7-5-8(2)10(6-9(7)12(16)17)20(18,19)15-11-3-4-13-14-11/h3-6H,1-2H3,(H,16,17)(H2,13,14,15). The van der Waals surface area contributed by atoms with Crippen LogP contribution in [-0.2, 0) is 10.0 Å². The van der Waals surface area contributed by atoms with Crippen LogP contribution in [0.4, 0.5) is 5.82 Å². The van der Waals surface area contributed by atoms with Crippen LogP contribution in [0.15, 0.2) is 29.3 Å². The van der Waals surface area contributed by atoms with E-state index in [0.717, 1.165) is 6.07 Å². The largest absolute Gasteiger partial charge is 0.478 e. The first-order valence-corrected chi connectivity index (χ1v) is 7.16. The predicted molar refractivity (Wildman–Crippen MR) is 72.3 cm³/mol. The number of carbonyl (C=O) groups is 1. The van der Waals surface area contributed by atoms with Crippen LogP contribution in [0.25, 0.3) is 0 Å². The van der Waals surface area contributed by atoms with Gasteiger partial charge in [-0.1, -0.05) is 6.07 Å². The third kappa shape index (κ3) is 2.64. The third-order valence-electron chi connectivity index (χ3n) is 2.79. The minimum Gasteiger partial charge on any atom is -0.478 e. The van der Waals surface area contributed by atoms with E-state index in [2.05, 4.69) is 14.9 Å². The molecule has 0 aliphatic heterocycles. The number of nitrogens with zero attached hydrogens (tertiary/aromatic N) is 1. The van der Waals surface area contributed by atoms with Crippen molar-refractivity contribution in [3.8, 4) is 0 Å². The molecule has 0 saturated carbocycles. The van der Waals surface area contributed by atoms with Gasteiger partial charge in [0.05, 0.1) is 16.7 Å². The lowest BCUT2D eigenvalue weighted by molar-refractivity contribution is 0.0696. The molecular formula is C12H13N3O4S. The van der Waals surface area contributed by atoms with E-state index < -0.39 is 16.0 Å². The van der Waals surface area contributed by atoms with Crippen LogP contribution in [0.1, 0.15) is 21.5 Å². The van der Waals surface area contributed by atoms with Crippen molar-refractivity contribution in [1.82, 2.24) is 10.2 Å². The number of aryl methyl sites for hydroxylation is 2. The van der Waals surface area contributed by atoms with Gasteiger partial charge in [0, 0.05) is 6.07 Å². The van der Waals surface area contributed by atoms with E-state index in [4.69, 9.17) is 5.11 Å². The Balaban J connectivity index is 2.51. The lowest BCUT2D eigenvalue weighted by atomic mass is 10.1. The second-order valence-electron chi connectivity index (χ2n) is 4.31. The van der Waals surface area contributed by atoms with E-state index >= 15 is 0 Å². The fourth-order valence-electron chi connectivity index (χ4n) is 1.86. The van der Waals surface area contributed by atoms with Gasteiger partial charge in [-0.15, -0.1) is 0 Å². The molecule has 0 spiro atoms.